The molecule has 1 aliphatic rings. The number of hydrogen-bond acceptors (Lipinski definition) is 6. The van der Waals surface area contributed by atoms with E-state index in [0.29, 0.717) is 12.8 Å². The Hall–Kier alpha value is -3.71. The molecule has 1 saturated heterocycles. The molecule has 7 nitrogen and oxygen atoms in total. The van der Waals surface area contributed by atoms with Crippen LogP contribution in [0, 0.1) is 0 Å². The first kappa shape index (κ1) is 31.7. The van der Waals surface area contributed by atoms with Crippen LogP contribution in [0.2, 0.25) is 5.02 Å². The fraction of sp³-hybridized carbons (Fsp3) is 0.333. The summed E-state index contributed by atoms with van der Waals surface area (Å²) in [5.41, 5.74) is 0.240. The van der Waals surface area contributed by atoms with Crippen LogP contribution in [0.15, 0.2) is 65.2 Å². The highest BCUT2D eigenvalue weighted by Crippen LogP contribution is 2.43. The second kappa shape index (κ2) is 12.4. The van der Waals surface area contributed by atoms with Gasteiger partial charge in [0.15, 0.2) is 6.61 Å². The Bertz CT molecular complexity index is 1820. The zero-order chi connectivity index (χ0) is 31.7. The lowest BCUT2D eigenvalue weighted by Gasteiger charge is -2.21. The minimum atomic E-state index is -5.86. The molecule has 0 radical (unpaired) electrons. The molecule has 0 N–H and O–H groups in total. The Morgan fingerprint density at radius 2 is 1.68 bits per heavy atom. The predicted molar refractivity (Wildman–Crippen MR) is 157 cm³/mol. The summed E-state index contributed by atoms with van der Waals surface area (Å²) in [7, 11) is -1.37. The molecular weight excluding hydrogens is 629 g/mol. The van der Waals surface area contributed by atoms with E-state index in [2.05, 4.69) is 9.46 Å². The Morgan fingerprint density at radius 1 is 0.977 bits per heavy atom. The molecule has 0 spiro atoms. The fourth-order valence-electron chi connectivity index (χ4n) is 4.74. The minimum Gasteiger partial charge on any atom is -0.485 e. The maximum Gasteiger partial charge on any atom is 0.456 e. The van der Waals surface area contributed by atoms with Crippen molar-refractivity contribution in [2.24, 2.45) is 11.4 Å². The van der Waals surface area contributed by atoms with Crippen molar-refractivity contribution in [3.63, 3.8) is 0 Å². The van der Waals surface area contributed by atoms with Crippen LogP contribution in [0.25, 0.3) is 10.8 Å². The van der Waals surface area contributed by atoms with Gasteiger partial charge in [-0.2, -0.15) is 31.4 Å². The highest BCUT2D eigenvalue weighted by Gasteiger charge is 2.58. The molecule has 0 unspecified atom stereocenters. The minimum absolute atomic E-state index is 0.0141. The number of hydrogen-bond donors (Lipinski definition) is 0. The molecule has 2 heterocycles. The van der Waals surface area contributed by atoms with Gasteiger partial charge in [0.1, 0.15) is 23.6 Å². The number of nitrogens with zero attached hydrogens (tertiary/aromatic N) is 3. The van der Waals surface area contributed by atoms with Crippen molar-refractivity contribution in [1.82, 2.24) is 9.78 Å². The van der Waals surface area contributed by atoms with Crippen LogP contribution in [-0.2, 0) is 23.4 Å². The molecule has 0 amide bonds. The lowest BCUT2D eigenvalue weighted by Crippen LogP contribution is -2.41. The van der Waals surface area contributed by atoms with Gasteiger partial charge in [-0.1, -0.05) is 54.4 Å². The topological polar surface area (TPSA) is 82.8 Å². The van der Waals surface area contributed by atoms with Crippen LogP contribution in [0.4, 0.5) is 27.6 Å². The normalized spacial score (nSPS) is 15.2. The molecule has 3 aromatic carbocycles. The average molecular weight is 656 g/mol. The molecule has 0 saturated carbocycles. The molecule has 5 rings (SSSR count). The molecule has 0 bridgehead atoms. The first-order valence-electron chi connectivity index (χ1n) is 13.6. The standard InChI is InChI=1S/C30H27ClF5N3O4S/c1-39-28(42-17-19-9-10-20-7-3-4-8-21(20)15-19)23(16-37-39)27(40)22-11-12-24(43-18-29(32,33)30(34,35)36)26(25(22)31)38-44(41)13-5-2-6-14-44/h3-4,7-12,15-16H,2,5-6,13-14,17-18H2,1H3. The molecule has 1 aliphatic heterocycles. The van der Waals surface area contributed by atoms with Crippen LogP contribution < -0.4 is 9.47 Å². The summed E-state index contributed by atoms with van der Waals surface area (Å²) in [5.74, 6) is -5.95. The Balaban J connectivity index is 1.48. The molecule has 234 valence electrons. The smallest absolute Gasteiger partial charge is 0.456 e. The number of ether oxygens (including phenoxy) is 2. The predicted octanol–water partition coefficient (Wildman–Crippen LogP) is 7.90. The Labute approximate surface area is 255 Å². The number of halogens is 6. The number of fused-ring (bicyclic) bond motifs is 1. The number of alkyl halides is 5. The molecule has 0 atom stereocenters. The third-order valence-corrected chi connectivity index (χ3v) is 9.90. The summed E-state index contributed by atoms with van der Waals surface area (Å²) in [5, 5.41) is 5.77. The zero-order valence-electron chi connectivity index (χ0n) is 23.4. The van der Waals surface area contributed by atoms with Crippen molar-refractivity contribution < 1.29 is 40.4 Å². The largest absolute Gasteiger partial charge is 0.485 e. The maximum atomic E-state index is 13.7. The monoisotopic (exact) mass is 655 g/mol. The molecule has 44 heavy (non-hydrogen) atoms. The lowest BCUT2D eigenvalue weighted by molar-refractivity contribution is -0.289. The summed E-state index contributed by atoms with van der Waals surface area (Å²) in [6, 6.07) is 15.7. The molecule has 0 aliphatic carbocycles. The summed E-state index contributed by atoms with van der Waals surface area (Å²) in [6.45, 7) is -1.96. The van der Waals surface area contributed by atoms with Gasteiger partial charge in [0, 0.05) is 24.1 Å². The molecule has 4 aromatic rings. The fourth-order valence-corrected chi connectivity index (χ4v) is 7.29. The first-order chi connectivity index (χ1) is 20.8. The maximum absolute atomic E-state index is 13.7. The molecule has 1 fully saturated rings. The van der Waals surface area contributed by atoms with E-state index in [1.54, 1.807) is 7.05 Å². The summed E-state index contributed by atoms with van der Waals surface area (Å²) in [4.78, 5) is 13.7. The third kappa shape index (κ3) is 6.68. The van der Waals surface area contributed by atoms with Crippen LogP contribution in [0.3, 0.4) is 0 Å². The Kier molecular flexibility index (Phi) is 8.90. The van der Waals surface area contributed by atoms with Crippen molar-refractivity contribution in [1.29, 1.82) is 0 Å². The second-order valence-electron chi connectivity index (χ2n) is 10.4. The van der Waals surface area contributed by atoms with E-state index in [9.17, 15) is 31.0 Å². The number of rotatable bonds is 9. The van der Waals surface area contributed by atoms with E-state index < -0.39 is 50.7 Å². The van der Waals surface area contributed by atoms with Gasteiger partial charge in [0.2, 0.25) is 11.7 Å². The van der Waals surface area contributed by atoms with Gasteiger partial charge in [0.25, 0.3) is 0 Å². The van der Waals surface area contributed by atoms with Gasteiger partial charge in [0.05, 0.1) is 20.9 Å². The molecular formula is C30H27ClF5N3O4S. The zero-order valence-corrected chi connectivity index (χ0v) is 24.9. The molecule has 14 heteroatoms. The van der Waals surface area contributed by atoms with Gasteiger partial charge >= 0.3 is 12.1 Å². The average Bonchev–Trinajstić information content (AvgIpc) is 3.35. The second-order valence-corrected chi connectivity index (χ2v) is 13.3. The summed E-state index contributed by atoms with van der Waals surface area (Å²) >= 11 is 6.57. The number of carbonyl (C=O) groups excluding carboxylic acids is 1. The number of carbonyl (C=O) groups is 1. The number of aromatic nitrogens is 2. The SMILES string of the molecule is Cn1ncc(C(=O)c2ccc(OCC(F)(F)C(F)(F)F)c(N=S3(=O)CCCCC3)c2Cl)c1OCc1ccc2ccccc2c1. The van der Waals surface area contributed by atoms with Crippen LogP contribution in [-0.4, -0.2) is 50.0 Å². The van der Waals surface area contributed by atoms with E-state index in [4.69, 9.17) is 21.1 Å². The van der Waals surface area contributed by atoms with E-state index in [-0.39, 0.29) is 35.1 Å². The van der Waals surface area contributed by atoms with E-state index in [0.717, 1.165) is 34.9 Å². The highest BCUT2D eigenvalue weighted by molar-refractivity contribution is 7.93. The molecule has 1 aromatic heterocycles. The van der Waals surface area contributed by atoms with Crippen molar-refractivity contribution >= 4 is 43.6 Å². The van der Waals surface area contributed by atoms with E-state index >= 15 is 0 Å². The van der Waals surface area contributed by atoms with Crippen LogP contribution in [0.5, 0.6) is 11.6 Å². The highest BCUT2D eigenvalue weighted by atomic mass is 35.5. The van der Waals surface area contributed by atoms with Gasteiger partial charge in [-0.25, -0.2) is 8.89 Å². The van der Waals surface area contributed by atoms with Crippen LogP contribution >= 0.6 is 11.6 Å². The lowest BCUT2D eigenvalue weighted by atomic mass is 10.0. The number of aryl methyl sites for hydroxylation is 1. The van der Waals surface area contributed by atoms with E-state index in [1.807, 2.05) is 42.5 Å². The van der Waals surface area contributed by atoms with Crippen molar-refractivity contribution in [3.8, 4) is 11.6 Å². The van der Waals surface area contributed by atoms with Crippen LogP contribution in [0.1, 0.15) is 40.7 Å². The van der Waals surface area contributed by atoms with Gasteiger partial charge in [-0.15, -0.1) is 0 Å². The third-order valence-electron chi connectivity index (χ3n) is 7.15. The van der Waals surface area contributed by atoms with E-state index in [1.165, 1.54) is 10.9 Å². The quantitative estimate of drug-likeness (QED) is 0.135. The van der Waals surface area contributed by atoms with Gasteiger partial charge < -0.3 is 9.47 Å². The Morgan fingerprint density at radius 3 is 2.39 bits per heavy atom. The number of benzene rings is 3. The van der Waals surface area contributed by atoms with Crippen molar-refractivity contribution in [3.05, 3.63) is 82.5 Å². The van der Waals surface area contributed by atoms with Crippen molar-refractivity contribution in [2.45, 2.75) is 38.0 Å². The number of ketones is 1. The summed E-state index contributed by atoms with van der Waals surface area (Å²) in [6.07, 6.45) is -2.63. The van der Waals surface area contributed by atoms with Gasteiger partial charge in [-0.05, 0) is 47.4 Å². The first-order valence-corrected chi connectivity index (χ1v) is 15.8. The summed E-state index contributed by atoms with van der Waals surface area (Å²) < 4.78 is 95.6. The van der Waals surface area contributed by atoms with Gasteiger partial charge in [-0.3, -0.25) is 4.79 Å². The van der Waals surface area contributed by atoms with Crippen molar-refractivity contribution in [2.75, 3.05) is 18.1 Å².